The Morgan fingerprint density at radius 2 is 2.00 bits per heavy atom. The molecule has 3 N–H and O–H groups in total. The van der Waals surface area contributed by atoms with Crippen LogP contribution < -0.4 is 5.73 Å². The Kier molecular flexibility index (Phi) is 2.44. The fraction of sp³-hybridized carbons (Fsp3) is 0.400. The van der Waals surface area contributed by atoms with Gasteiger partial charge in [-0.15, -0.1) is 0 Å². The maximum Gasteiger partial charge on any atom is 0.149 e. The highest BCUT2D eigenvalue weighted by Gasteiger charge is 2.35. The van der Waals surface area contributed by atoms with Crippen molar-refractivity contribution < 1.29 is 0 Å². The number of aromatic nitrogens is 2. The molecule has 3 rings (SSSR count). The minimum absolute atomic E-state index is 0.284. The summed E-state index contributed by atoms with van der Waals surface area (Å²) >= 11 is 0. The zero-order chi connectivity index (χ0) is 12.8. The Hall–Kier alpha value is -1.77. The number of anilines is 1. The summed E-state index contributed by atoms with van der Waals surface area (Å²) in [4.78, 5) is 0. The van der Waals surface area contributed by atoms with Crippen molar-refractivity contribution in [3.63, 3.8) is 0 Å². The second kappa shape index (κ2) is 3.87. The van der Waals surface area contributed by atoms with Crippen LogP contribution in [0.15, 0.2) is 30.3 Å². The van der Waals surface area contributed by atoms with Crippen molar-refractivity contribution >= 4 is 5.82 Å². The van der Waals surface area contributed by atoms with Gasteiger partial charge in [-0.05, 0) is 23.8 Å². The minimum atomic E-state index is 0.284. The van der Waals surface area contributed by atoms with E-state index in [-0.39, 0.29) is 5.41 Å². The Balaban J connectivity index is 2.12. The quantitative estimate of drug-likeness (QED) is 0.806. The summed E-state index contributed by atoms with van der Waals surface area (Å²) in [6.45, 7) is 4.62. The zero-order valence-corrected chi connectivity index (χ0v) is 10.9. The Morgan fingerprint density at radius 1 is 1.28 bits per heavy atom. The molecule has 0 radical (unpaired) electrons. The third-order valence-corrected chi connectivity index (χ3v) is 3.87. The fourth-order valence-corrected chi connectivity index (χ4v) is 3.10. The van der Waals surface area contributed by atoms with Crippen LogP contribution in [0.1, 0.15) is 43.0 Å². The molecule has 0 fully saturated rings. The molecule has 0 bridgehead atoms. The number of benzene rings is 1. The molecule has 1 aliphatic rings. The first-order valence-electron chi connectivity index (χ1n) is 6.44. The summed E-state index contributed by atoms with van der Waals surface area (Å²) in [7, 11) is 0. The Labute approximate surface area is 107 Å². The summed E-state index contributed by atoms with van der Waals surface area (Å²) in [5.74, 6) is 1.03. The fourth-order valence-electron chi connectivity index (χ4n) is 3.10. The highest BCUT2D eigenvalue weighted by molar-refractivity contribution is 5.50. The number of nitrogens with two attached hydrogens (primary N) is 1. The van der Waals surface area contributed by atoms with Gasteiger partial charge in [-0.25, -0.2) is 0 Å². The van der Waals surface area contributed by atoms with Crippen LogP contribution in [0, 0.1) is 5.41 Å². The third-order valence-electron chi connectivity index (χ3n) is 3.87. The van der Waals surface area contributed by atoms with Gasteiger partial charge in [0, 0.05) is 17.2 Å². The number of rotatable bonds is 1. The summed E-state index contributed by atoms with van der Waals surface area (Å²) in [6, 6.07) is 10.6. The van der Waals surface area contributed by atoms with Gasteiger partial charge in [-0.3, -0.25) is 5.10 Å². The first kappa shape index (κ1) is 11.3. The molecule has 1 atom stereocenters. The van der Waals surface area contributed by atoms with Crippen molar-refractivity contribution in [1.82, 2.24) is 10.2 Å². The lowest BCUT2D eigenvalue weighted by atomic mass is 9.69. The summed E-state index contributed by atoms with van der Waals surface area (Å²) in [6.07, 6.45) is 2.14. The molecule has 1 aromatic carbocycles. The van der Waals surface area contributed by atoms with E-state index < -0.39 is 0 Å². The topological polar surface area (TPSA) is 54.7 Å². The van der Waals surface area contributed by atoms with E-state index in [1.807, 2.05) is 0 Å². The highest BCUT2D eigenvalue weighted by Crippen LogP contribution is 2.46. The van der Waals surface area contributed by atoms with E-state index in [1.165, 1.54) is 16.8 Å². The van der Waals surface area contributed by atoms with Crippen LogP contribution in [0.25, 0.3) is 0 Å². The molecule has 1 heterocycles. The van der Waals surface area contributed by atoms with E-state index in [9.17, 15) is 0 Å². The molecule has 3 heteroatoms. The predicted octanol–water partition coefficient (Wildman–Crippen LogP) is 3.10. The lowest BCUT2D eigenvalue weighted by Gasteiger charge is -2.35. The molecule has 0 aliphatic heterocycles. The van der Waals surface area contributed by atoms with E-state index in [1.54, 1.807) is 0 Å². The van der Waals surface area contributed by atoms with Crippen molar-refractivity contribution in [1.29, 1.82) is 0 Å². The number of fused-ring (bicyclic) bond motifs is 1. The second-order valence-corrected chi connectivity index (χ2v) is 6.01. The van der Waals surface area contributed by atoms with Gasteiger partial charge in [-0.2, -0.15) is 5.10 Å². The molecule has 2 aromatic rings. The molecule has 94 valence electrons. The number of aromatic amines is 1. The van der Waals surface area contributed by atoms with Crippen LogP contribution in [0.4, 0.5) is 5.82 Å². The molecule has 0 spiro atoms. The van der Waals surface area contributed by atoms with Gasteiger partial charge in [0.25, 0.3) is 0 Å². The third kappa shape index (κ3) is 1.80. The maximum atomic E-state index is 6.04. The van der Waals surface area contributed by atoms with Gasteiger partial charge < -0.3 is 5.73 Å². The number of hydrogen-bond donors (Lipinski definition) is 2. The van der Waals surface area contributed by atoms with E-state index in [0.717, 1.165) is 12.8 Å². The van der Waals surface area contributed by atoms with Gasteiger partial charge in [0.2, 0.25) is 0 Å². The van der Waals surface area contributed by atoms with E-state index in [0.29, 0.717) is 11.7 Å². The predicted molar refractivity (Wildman–Crippen MR) is 73.4 cm³/mol. The van der Waals surface area contributed by atoms with Crippen molar-refractivity contribution in [2.75, 3.05) is 5.73 Å². The van der Waals surface area contributed by atoms with Gasteiger partial charge in [0.1, 0.15) is 5.82 Å². The van der Waals surface area contributed by atoms with Crippen molar-refractivity contribution in [2.24, 2.45) is 5.41 Å². The molecule has 1 aromatic heterocycles. The molecule has 18 heavy (non-hydrogen) atoms. The first-order valence-corrected chi connectivity index (χ1v) is 6.44. The Bertz CT molecular complexity index is 554. The highest BCUT2D eigenvalue weighted by atomic mass is 15.2. The number of nitrogen functional groups attached to an aromatic ring is 1. The van der Waals surface area contributed by atoms with Crippen LogP contribution in [-0.4, -0.2) is 10.2 Å². The van der Waals surface area contributed by atoms with Gasteiger partial charge in [0.15, 0.2) is 0 Å². The summed E-state index contributed by atoms with van der Waals surface area (Å²) in [5, 5.41) is 7.30. The van der Waals surface area contributed by atoms with Gasteiger partial charge >= 0.3 is 0 Å². The maximum absolute atomic E-state index is 6.04. The second-order valence-electron chi connectivity index (χ2n) is 6.01. The normalized spacial score (nSPS) is 21.6. The van der Waals surface area contributed by atoms with Crippen LogP contribution in [0.5, 0.6) is 0 Å². The molecular formula is C15H19N3. The number of hydrogen-bond acceptors (Lipinski definition) is 2. The lowest BCUT2D eigenvalue weighted by Crippen LogP contribution is -2.26. The molecule has 3 nitrogen and oxygen atoms in total. The molecule has 0 amide bonds. The Morgan fingerprint density at radius 3 is 2.72 bits per heavy atom. The first-order chi connectivity index (χ1) is 8.57. The van der Waals surface area contributed by atoms with Crippen molar-refractivity contribution in [3.8, 4) is 0 Å². The minimum Gasteiger partial charge on any atom is -0.382 e. The number of H-pyrrole nitrogens is 1. The SMILES string of the molecule is CC1(C)Cc2[nH]nc(N)c2C(c2ccccc2)C1. The standard InChI is InChI=1S/C15H19N3/c1-15(2)8-11(10-6-4-3-5-7-10)13-12(9-15)17-18-14(13)16/h3-7,11H,8-9H2,1-2H3,(H3,16,17,18). The molecular weight excluding hydrogens is 222 g/mol. The van der Waals surface area contributed by atoms with Crippen LogP contribution in [-0.2, 0) is 6.42 Å². The van der Waals surface area contributed by atoms with Gasteiger partial charge in [0.05, 0.1) is 0 Å². The molecule has 1 aliphatic carbocycles. The lowest BCUT2D eigenvalue weighted by molar-refractivity contribution is 0.293. The molecule has 0 saturated heterocycles. The van der Waals surface area contributed by atoms with E-state index >= 15 is 0 Å². The van der Waals surface area contributed by atoms with E-state index in [4.69, 9.17) is 5.73 Å². The average molecular weight is 241 g/mol. The molecule has 0 saturated carbocycles. The van der Waals surface area contributed by atoms with E-state index in [2.05, 4.69) is 54.4 Å². The largest absolute Gasteiger partial charge is 0.382 e. The van der Waals surface area contributed by atoms with Crippen molar-refractivity contribution in [2.45, 2.75) is 32.6 Å². The van der Waals surface area contributed by atoms with Crippen LogP contribution in [0.3, 0.4) is 0 Å². The van der Waals surface area contributed by atoms with Gasteiger partial charge in [-0.1, -0.05) is 44.2 Å². The average Bonchev–Trinajstić information content (AvgIpc) is 2.69. The number of nitrogens with zero attached hydrogens (tertiary/aromatic N) is 1. The number of nitrogens with one attached hydrogen (secondary N) is 1. The monoisotopic (exact) mass is 241 g/mol. The summed E-state index contributed by atoms with van der Waals surface area (Å²) < 4.78 is 0. The van der Waals surface area contributed by atoms with Crippen LogP contribution in [0.2, 0.25) is 0 Å². The van der Waals surface area contributed by atoms with Crippen LogP contribution >= 0.6 is 0 Å². The van der Waals surface area contributed by atoms with Crippen molar-refractivity contribution in [3.05, 3.63) is 47.2 Å². The zero-order valence-electron chi connectivity index (χ0n) is 10.9. The molecule has 1 unspecified atom stereocenters. The summed E-state index contributed by atoms with van der Waals surface area (Å²) in [5.41, 5.74) is 10.1. The smallest absolute Gasteiger partial charge is 0.149 e.